The molecule has 0 spiro atoms. The summed E-state index contributed by atoms with van der Waals surface area (Å²) in [6.45, 7) is 3.38. The molecular formula is C42H33ClF6N10. The van der Waals surface area contributed by atoms with E-state index in [1.54, 1.807) is 59.2 Å². The molecule has 0 saturated heterocycles. The molecule has 0 radical (unpaired) electrons. The molecule has 2 unspecified atom stereocenters. The Kier molecular flexibility index (Phi) is 8.36. The number of hydrogen-bond acceptors (Lipinski definition) is 6. The fraction of sp³-hybridized carbons (Fsp3) is 0.286. The third-order valence-electron chi connectivity index (χ3n) is 11.7. The summed E-state index contributed by atoms with van der Waals surface area (Å²) in [5.41, 5.74) is 4.76. The SMILES string of the molecule is Cc1cc(-c2cnn(CC3(C(F)(F)F)CC3n3c(C)nc4cc(-c5ncc(F)cc5-c5cnn(CC6CC(F)(F)C6)c5)ccc43)c2)c(-c2ccn3ccnc3c2)nc1Cl. The van der Waals surface area contributed by atoms with Gasteiger partial charge in [0, 0.05) is 83.8 Å². The van der Waals surface area contributed by atoms with Gasteiger partial charge < -0.3 is 8.97 Å². The van der Waals surface area contributed by atoms with Crippen LogP contribution in [0.3, 0.4) is 0 Å². The molecule has 0 amide bonds. The smallest absolute Gasteiger partial charge is 0.324 e. The largest absolute Gasteiger partial charge is 0.398 e. The molecule has 0 bridgehead atoms. The summed E-state index contributed by atoms with van der Waals surface area (Å²) in [6, 6.07) is 11.1. The first-order valence-corrected chi connectivity index (χ1v) is 19.3. The average molecular weight is 827 g/mol. The van der Waals surface area contributed by atoms with E-state index in [2.05, 4.69) is 30.1 Å². The molecule has 1 aromatic carbocycles. The molecule has 10 nitrogen and oxygen atoms in total. The highest BCUT2D eigenvalue weighted by molar-refractivity contribution is 6.30. The monoisotopic (exact) mass is 826 g/mol. The van der Waals surface area contributed by atoms with Crippen LogP contribution in [0.15, 0.2) is 92.0 Å². The van der Waals surface area contributed by atoms with Crippen LogP contribution in [0.25, 0.3) is 61.4 Å². The van der Waals surface area contributed by atoms with Crippen molar-refractivity contribution in [1.29, 1.82) is 0 Å². The van der Waals surface area contributed by atoms with E-state index in [1.165, 1.54) is 16.9 Å². The van der Waals surface area contributed by atoms with Crippen molar-refractivity contribution in [2.45, 2.75) is 64.3 Å². The maximum Gasteiger partial charge on any atom is 0.398 e. The summed E-state index contributed by atoms with van der Waals surface area (Å²) in [5.74, 6) is -3.03. The molecule has 0 aliphatic heterocycles. The third-order valence-corrected chi connectivity index (χ3v) is 12.1. The molecule has 2 atom stereocenters. The maximum absolute atomic E-state index is 15.2. The Labute approximate surface area is 337 Å². The standard InChI is InChI=1S/C42H33ClF6N10/c1-23-9-31(38(55-39(23)43)27-5-7-56-8-6-50-36(56)11-27)29-17-53-58(21-29)22-40(42(47,48)49)15-35(40)59-24(2)54-33-10-26(3-4-34(33)59)37-32(12-30(44)18-51-37)28-16-52-57(20-28)19-25-13-41(45,46)14-25/h3-12,16-18,20-21,25,35H,13-15,19,22H2,1-2H3. The number of halogens is 7. The van der Waals surface area contributed by atoms with Crippen molar-refractivity contribution in [2.75, 3.05) is 0 Å². The van der Waals surface area contributed by atoms with Gasteiger partial charge in [-0.05, 0) is 68.1 Å². The molecule has 2 saturated carbocycles. The van der Waals surface area contributed by atoms with Crippen molar-refractivity contribution in [3.8, 4) is 44.8 Å². The molecule has 0 N–H and O–H groups in total. The normalized spacial score (nSPS) is 19.2. The van der Waals surface area contributed by atoms with Crippen LogP contribution in [0.5, 0.6) is 0 Å². The van der Waals surface area contributed by atoms with Gasteiger partial charge in [0.1, 0.15) is 27.9 Å². The molecule has 59 heavy (non-hydrogen) atoms. The van der Waals surface area contributed by atoms with Crippen LogP contribution >= 0.6 is 11.6 Å². The minimum atomic E-state index is -4.58. The van der Waals surface area contributed by atoms with Crippen LogP contribution in [-0.2, 0) is 13.1 Å². The highest BCUT2D eigenvalue weighted by Gasteiger charge is 2.72. The first kappa shape index (κ1) is 37.3. The van der Waals surface area contributed by atoms with Crippen molar-refractivity contribution in [3.63, 3.8) is 0 Å². The Morgan fingerprint density at radius 3 is 2.29 bits per heavy atom. The number of rotatable bonds is 9. The van der Waals surface area contributed by atoms with Gasteiger partial charge in [0.2, 0.25) is 5.92 Å². The minimum Gasteiger partial charge on any atom is -0.324 e. The average Bonchev–Trinajstić information content (AvgIpc) is 3.69. The zero-order chi connectivity index (χ0) is 41.0. The Morgan fingerprint density at radius 1 is 0.797 bits per heavy atom. The predicted octanol–water partition coefficient (Wildman–Crippen LogP) is 10.2. The zero-order valence-corrected chi connectivity index (χ0v) is 32.2. The highest BCUT2D eigenvalue weighted by Crippen LogP contribution is 2.67. The maximum atomic E-state index is 15.2. The van der Waals surface area contributed by atoms with E-state index in [0.29, 0.717) is 79.0 Å². The van der Waals surface area contributed by atoms with Gasteiger partial charge in [0.15, 0.2) is 0 Å². The fourth-order valence-electron chi connectivity index (χ4n) is 8.59. The number of pyridine rings is 3. The molecule has 2 fully saturated rings. The third kappa shape index (κ3) is 6.44. The van der Waals surface area contributed by atoms with Crippen molar-refractivity contribution in [3.05, 3.63) is 114 Å². The van der Waals surface area contributed by atoms with E-state index in [9.17, 15) is 13.2 Å². The van der Waals surface area contributed by atoms with Gasteiger partial charge in [0.05, 0.1) is 53.6 Å². The number of imidazole rings is 2. The van der Waals surface area contributed by atoms with Crippen LogP contribution in [0.4, 0.5) is 26.3 Å². The van der Waals surface area contributed by atoms with Gasteiger partial charge in [-0.1, -0.05) is 17.7 Å². The summed E-state index contributed by atoms with van der Waals surface area (Å²) < 4.78 is 93.5. The Morgan fingerprint density at radius 2 is 1.53 bits per heavy atom. The summed E-state index contributed by atoms with van der Waals surface area (Å²) in [6.07, 6.45) is 7.64. The lowest BCUT2D eigenvalue weighted by Crippen LogP contribution is -2.37. The van der Waals surface area contributed by atoms with Crippen molar-refractivity contribution in [1.82, 2.24) is 48.5 Å². The van der Waals surface area contributed by atoms with Crippen molar-refractivity contribution in [2.24, 2.45) is 11.3 Å². The lowest BCUT2D eigenvalue weighted by atomic mass is 9.81. The lowest BCUT2D eigenvalue weighted by molar-refractivity contribution is -0.195. The second-order valence-corrected chi connectivity index (χ2v) is 16.1. The Bertz CT molecular complexity index is 2940. The summed E-state index contributed by atoms with van der Waals surface area (Å²) in [7, 11) is 0. The molecule has 10 rings (SSSR count). The van der Waals surface area contributed by atoms with Gasteiger partial charge in [-0.25, -0.2) is 28.1 Å². The highest BCUT2D eigenvalue weighted by atomic mass is 35.5. The molecule has 17 heteroatoms. The van der Waals surface area contributed by atoms with E-state index in [0.717, 1.165) is 11.8 Å². The molecule has 7 heterocycles. The van der Waals surface area contributed by atoms with Gasteiger partial charge in [-0.3, -0.25) is 14.3 Å². The Hall–Kier alpha value is -6.03. The van der Waals surface area contributed by atoms with E-state index in [4.69, 9.17) is 11.6 Å². The first-order chi connectivity index (χ1) is 28.1. The van der Waals surface area contributed by atoms with E-state index in [1.807, 2.05) is 41.9 Å². The molecule has 300 valence electrons. The zero-order valence-electron chi connectivity index (χ0n) is 31.5. The number of aryl methyl sites for hydroxylation is 2. The first-order valence-electron chi connectivity index (χ1n) is 18.9. The summed E-state index contributed by atoms with van der Waals surface area (Å²) >= 11 is 6.47. The van der Waals surface area contributed by atoms with Crippen LogP contribution in [0, 0.1) is 31.0 Å². The van der Waals surface area contributed by atoms with Crippen LogP contribution in [0.1, 0.15) is 36.7 Å². The Balaban J connectivity index is 0.944. The van der Waals surface area contributed by atoms with Crippen molar-refractivity contribution >= 4 is 28.3 Å². The molecule has 2 aliphatic rings. The quantitative estimate of drug-likeness (QED) is 0.106. The fourth-order valence-corrected chi connectivity index (χ4v) is 8.72. The van der Waals surface area contributed by atoms with Crippen LogP contribution in [-0.4, -0.2) is 60.6 Å². The van der Waals surface area contributed by atoms with Gasteiger partial charge in [-0.15, -0.1) is 0 Å². The number of hydrogen-bond donors (Lipinski definition) is 0. The van der Waals surface area contributed by atoms with Gasteiger partial charge >= 0.3 is 6.18 Å². The number of alkyl halides is 5. The van der Waals surface area contributed by atoms with E-state index in [-0.39, 0.29) is 25.2 Å². The van der Waals surface area contributed by atoms with Crippen molar-refractivity contribution < 1.29 is 26.3 Å². The lowest BCUT2D eigenvalue weighted by Gasteiger charge is -2.34. The van der Waals surface area contributed by atoms with Crippen LogP contribution in [0.2, 0.25) is 5.15 Å². The van der Waals surface area contributed by atoms with E-state index >= 15 is 13.2 Å². The van der Waals surface area contributed by atoms with Crippen LogP contribution < -0.4 is 0 Å². The number of fused-ring (bicyclic) bond motifs is 2. The summed E-state index contributed by atoms with van der Waals surface area (Å²) in [4.78, 5) is 18.1. The predicted molar refractivity (Wildman–Crippen MR) is 208 cm³/mol. The minimum absolute atomic E-state index is 0.177. The summed E-state index contributed by atoms with van der Waals surface area (Å²) in [5, 5.41) is 9.05. The number of benzene rings is 1. The topological polar surface area (TPSA) is 96.5 Å². The molecule has 8 aromatic rings. The van der Waals surface area contributed by atoms with Gasteiger partial charge in [0.25, 0.3) is 0 Å². The molecule has 7 aromatic heterocycles. The number of nitrogens with zero attached hydrogens (tertiary/aromatic N) is 10. The van der Waals surface area contributed by atoms with E-state index < -0.39 is 35.9 Å². The second kappa shape index (κ2) is 13.2. The molecule has 2 aliphatic carbocycles. The van der Waals surface area contributed by atoms with Gasteiger partial charge in [-0.2, -0.15) is 23.4 Å². The number of aromatic nitrogens is 10. The second-order valence-electron chi connectivity index (χ2n) is 15.8. The molecular weight excluding hydrogens is 794 g/mol.